The van der Waals surface area contributed by atoms with Crippen LogP contribution in [0.3, 0.4) is 0 Å². The minimum Gasteiger partial charge on any atom is -0.437 e. The second kappa shape index (κ2) is 7.28. The lowest BCUT2D eigenvalue weighted by Gasteiger charge is -2.43. The van der Waals surface area contributed by atoms with Crippen molar-refractivity contribution in [2.45, 2.75) is 31.4 Å². The molecule has 1 amide bonds. The summed E-state index contributed by atoms with van der Waals surface area (Å²) in [6.07, 6.45) is 2.26. The van der Waals surface area contributed by atoms with Crippen molar-refractivity contribution in [1.29, 1.82) is 0 Å². The zero-order chi connectivity index (χ0) is 18.7. The van der Waals surface area contributed by atoms with Gasteiger partial charge in [0.2, 0.25) is 0 Å². The van der Waals surface area contributed by atoms with Gasteiger partial charge < -0.3 is 9.64 Å². The second-order valence-electron chi connectivity index (χ2n) is 6.53. The smallest absolute Gasteiger partial charge is 0.411 e. The Labute approximate surface area is 151 Å². The minimum absolute atomic E-state index is 0.238. The average Bonchev–Trinajstić information content (AvgIpc) is 2.63. The molecule has 1 heterocycles. The molecule has 0 aromatic heterocycles. The molecule has 0 bridgehead atoms. The van der Waals surface area contributed by atoms with Crippen LogP contribution in [0.5, 0.6) is 0 Å². The number of benzene rings is 2. The largest absolute Gasteiger partial charge is 0.437 e. The van der Waals surface area contributed by atoms with Crippen LogP contribution >= 0.6 is 0 Å². The molecule has 0 saturated carbocycles. The van der Waals surface area contributed by atoms with Crippen LogP contribution in [0.15, 0.2) is 61.2 Å². The van der Waals surface area contributed by atoms with E-state index in [9.17, 15) is 13.6 Å². The maximum absolute atomic E-state index is 13.3. The van der Waals surface area contributed by atoms with Crippen molar-refractivity contribution in [2.75, 3.05) is 6.54 Å². The SMILES string of the molecule is C=CC[C@]1(c2ccc(F)cc2)CCN([C@@H](C)c2ccc(F)cc2)C(=O)O1. The van der Waals surface area contributed by atoms with E-state index in [-0.39, 0.29) is 17.7 Å². The van der Waals surface area contributed by atoms with Gasteiger partial charge in [-0.3, -0.25) is 0 Å². The lowest BCUT2D eigenvalue weighted by Crippen LogP contribution is -2.48. The number of ether oxygens (including phenoxy) is 1. The van der Waals surface area contributed by atoms with Crippen LogP contribution < -0.4 is 0 Å². The molecular formula is C21H21F2NO2. The van der Waals surface area contributed by atoms with Gasteiger partial charge in [-0.1, -0.05) is 30.3 Å². The van der Waals surface area contributed by atoms with Crippen molar-refractivity contribution in [2.24, 2.45) is 0 Å². The first kappa shape index (κ1) is 18.1. The van der Waals surface area contributed by atoms with Gasteiger partial charge in [-0.25, -0.2) is 13.6 Å². The summed E-state index contributed by atoms with van der Waals surface area (Å²) >= 11 is 0. The molecule has 0 unspecified atom stereocenters. The summed E-state index contributed by atoms with van der Waals surface area (Å²) in [5, 5.41) is 0. The highest BCUT2D eigenvalue weighted by atomic mass is 19.1. The molecular weight excluding hydrogens is 336 g/mol. The average molecular weight is 357 g/mol. The summed E-state index contributed by atoms with van der Waals surface area (Å²) in [4.78, 5) is 14.4. The molecule has 0 aliphatic carbocycles. The van der Waals surface area contributed by atoms with E-state index in [1.54, 1.807) is 35.2 Å². The van der Waals surface area contributed by atoms with E-state index < -0.39 is 11.7 Å². The topological polar surface area (TPSA) is 29.5 Å². The van der Waals surface area contributed by atoms with E-state index in [1.165, 1.54) is 24.3 Å². The molecule has 26 heavy (non-hydrogen) atoms. The van der Waals surface area contributed by atoms with Crippen LogP contribution in [0, 0.1) is 11.6 Å². The monoisotopic (exact) mass is 357 g/mol. The third-order valence-corrected chi connectivity index (χ3v) is 4.94. The zero-order valence-electron chi connectivity index (χ0n) is 14.6. The summed E-state index contributed by atoms with van der Waals surface area (Å²) in [5.74, 6) is -0.653. The molecule has 3 nitrogen and oxygen atoms in total. The Morgan fingerprint density at radius 1 is 1.15 bits per heavy atom. The minimum atomic E-state index is -0.842. The van der Waals surface area contributed by atoms with Gasteiger partial charge in [0, 0.05) is 19.4 Å². The van der Waals surface area contributed by atoms with Crippen LogP contribution in [0.1, 0.15) is 36.9 Å². The summed E-state index contributed by atoms with van der Waals surface area (Å²) in [5.41, 5.74) is 0.744. The maximum Gasteiger partial charge on any atom is 0.411 e. The molecule has 1 aliphatic heterocycles. The Hall–Kier alpha value is -2.69. The number of hydrogen-bond acceptors (Lipinski definition) is 2. The van der Waals surface area contributed by atoms with Crippen LogP contribution in [0.4, 0.5) is 13.6 Å². The molecule has 0 spiro atoms. The van der Waals surface area contributed by atoms with Crippen molar-refractivity contribution in [1.82, 2.24) is 4.90 Å². The summed E-state index contributed by atoms with van der Waals surface area (Å²) < 4.78 is 32.2. The Morgan fingerprint density at radius 3 is 2.27 bits per heavy atom. The van der Waals surface area contributed by atoms with Gasteiger partial charge in [-0.05, 0) is 42.3 Å². The lowest BCUT2D eigenvalue weighted by atomic mass is 9.85. The fourth-order valence-electron chi connectivity index (χ4n) is 3.39. The van der Waals surface area contributed by atoms with E-state index in [0.29, 0.717) is 19.4 Å². The molecule has 1 aliphatic rings. The number of carbonyl (C=O) groups is 1. The second-order valence-corrected chi connectivity index (χ2v) is 6.53. The number of hydrogen-bond donors (Lipinski definition) is 0. The van der Waals surface area contributed by atoms with Crippen LogP contribution in [0.25, 0.3) is 0 Å². The predicted octanol–water partition coefficient (Wildman–Crippen LogP) is 5.34. The van der Waals surface area contributed by atoms with Crippen LogP contribution in [0.2, 0.25) is 0 Å². The maximum atomic E-state index is 13.3. The highest BCUT2D eigenvalue weighted by molar-refractivity contribution is 5.70. The molecule has 2 aromatic carbocycles. The summed E-state index contributed by atoms with van der Waals surface area (Å²) in [6, 6.07) is 11.9. The lowest BCUT2D eigenvalue weighted by molar-refractivity contribution is -0.0588. The standard InChI is InChI=1S/C21H21F2NO2/c1-3-12-21(17-6-10-19(23)11-7-17)13-14-24(20(25)26-21)15(2)16-4-8-18(22)9-5-16/h3-11,15H,1,12-14H2,2H3/t15-,21+/m0/s1. The highest BCUT2D eigenvalue weighted by Crippen LogP contribution is 2.39. The number of nitrogens with zero attached hydrogens (tertiary/aromatic N) is 1. The molecule has 0 N–H and O–H groups in total. The van der Waals surface area contributed by atoms with Crippen molar-refractivity contribution in [3.05, 3.63) is 83.9 Å². The Kier molecular flexibility index (Phi) is 5.07. The summed E-state index contributed by atoms with van der Waals surface area (Å²) in [6.45, 7) is 6.12. The molecule has 0 radical (unpaired) electrons. The number of cyclic esters (lactones) is 1. The third kappa shape index (κ3) is 3.47. The van der Waals surface area contributed by atoms with Gasteiger partial charge in [-0.15, -0.1) is 6.58 Å². The van der Waals surface area contributed by atoms with Gasteiger partial charge in [0.1, 0.15) is 17.2 Å². The summed E-state index contributed by atoms with van der Waals surface area (Å²) in [7, 11) is 0. The first-order valence-electron chi connectivity index (χ1n) is 8.57. The highest BCUT2D eigenvalue weighted by Gasteiger charge is 2.42. The molecule has 2 atom stereocenters. The number of halogens is 2. The fraction of sp³-hybridized carbons (Fsp3) is 0.286. The zero-order valence-corrected chi connectivity index (χ0v) is 14.6. The van der Waals surface area contributed by atoms with E-state index in [1.807, 2.05) is 6.92 Å². The van der Waals surface area contributed by atoms with Crippen LogP contribution in [-0.2, 0) is 10.3 Å². The predicted molar refractivity (Wildman–Crippen MR) is 95.5 cm³/mol. The molecule has 5 heteroatoms. The first-order chi connectivity index (χ1) is 12.4. The fourth-order valence-corrected chi connectivity index (χ4v) is 3.39. The molecule has 1 saturated heterocycles. The van der Waals surface area contributed by atoms with E-state index in [2.05, 4.69) is 6.58 Å². The third-order valence-electron chi connectivity index (χ3n) is 4.94. The van der Waals surface area contributed by atoms with Gasteiger partial charge >= 0.3 is 6.09 Å². The van der Waals surface area contributed by atoms with Gasteiger partial charge in [0.05, 0.1) is 6.04 Å². The molecule has 1 fully saturated rings. The van der Waals surface area contributed by atoms with Crippen molar-refractivity contribution in [3.8, 4) is 0 Å². The van der Waals surface area contributed by atoms with Gasteiger partial charge in [-0.2, -0.15) is 0 Å². The Bertz CT molecular complexity index is 789. The van der Waals surface area contributed by atoms with Crippen molar-refractivity contribution < 1.29 is 18.3 Å². The van der Waals surface area contributed by atoms with Gasteiger partial charge in [0.25, 0.3) is 0 Å². The van der Waals surface area contributed by atoms with Crippen molar-refractivity contribution in [3.63, 3.8) is 0 Å². The molecule has 2 aromatic rings. The van der Waals surface area contributed by atoms with Crippen LogP contribution in [-0.4, -0.2) is 17.5 Å². The van der Waals surface area contributed by atoms with E-state index in [4.69, 9.17) is 4.74 Å². The molecule has 136 valence electrons. The Morgan fingerprint density at radius 2 is 1.73 bits per heavy atom. The quantitative estimate of drug-likeness (QED) is 0.676. The van der Waals surface area contributed by atoms with E-state index in [0.717, 1.165) is 11.1 Å². The molecule has 3 rings (SSSR count). The normalized spacial score (nSPS) is 21.2. The number of carbonyl (C=O) groups excluding carboxylic acids is 1. The van der Waals surface area contributed by atoms with E-state index >= 15 is 0 Å². The first-order valence-corrected chi connectivity index (χ1v) is 8.57. The Balaban J connectivity index is 1.83. The van der Waals surface area contributed by atoms with Gasteiger partial charge in [0.15, 0.2) is 0 Å². The van der Waals surface area contributed by atoms with Crippen molar-refractivity contribution >= 4 is 6.09 Å². The number of rotatable bonds is 5. The number of amides is 1.